The second-order valence-corrected chi connectivity index (χ2v) is 5.46. The van der Waals surface area contributed by atoms with Crippen LogP contribution in [-0.4, -0.2) is 11.2 Å². The third kappa shape index (κ3) is 4.67. The summed E-state index contributed by atoms with van der Waals surface area (Å²) in [5.41, 5.74) is 5.20. The lowest BCUT2D eigenvalue weighted by Gasteiger charge is -2.31. The second kappa shape index (κ2) is 6.11. The molecule has 0 heterocycles. The molecule has 0 bridgehead atoms. The van der Waals surface area contributed by atoms with Crippen molar-refractivity contribution >= 4 is 12.4 Å². The summed E-state index contributed by atoms with van der Waals surface area (Å²) in [5, 5.41) is 9.99. The van der Waals surface area contributed by atoms with Crippen LogP contribution in [0.15, 0.2) is 24.3 Å². The van der Waals surface area contributed by atoms with Gasteiger partial charge in [-0.3, -0.25) is 0 Å². The summed E-state index contributed by atoms with van der Waals surface area (Å²) in [5.74, 6) is 0. The number of benzene rings is 1. The molecule has 3 N–H and O–H groups in total. The smallest absolute Gasteiger partial charge is 0.391 e. The van der Waals surface area contributed by atoms with Gasteiger partial charge in [-0.2, -0.15) is 13.2 Å². The summed E-state index contributed by atoms with van der Waals surface area (Å²) in [4.78, 5) is 0. The summed E-state index contributed by atoms with van der Waals surface area (Å²) in [7, 11) is 0. The molecular weight excluding hydrogens is 279 g/mol. The Morgan fingerprint density at radius 1 is 1.05 bits per heavy atom. The van der Waals surface area contributed by atoms with Crippen LogP contribution in [0.4, 0.5) is 13.2 Å². The summed E-state index contributed by atoms with van der Waals surface area (Å²) >= 11 is 0. The first kappa shape index (κ1) is 18.2. The first-order valence-electron chi connectivity index (χ1n) is 5.64. The van der Waals surface area contributed by atoms with E-state index in [-0.39, 0.29) is 12.4 Å². The van der Waals surface area contributed by atoms with Gasteiger partial charge in [0, 0.05) is 0 Å². The lowest BCUT2D eigenvalue weighted by Crippen LogP contribution is -2.36. The van der Waals surface area contributed by atoms with Gasteiger partial charge in [-0.1, -0.05) is 32.9 Å². The Morgan fingerprint density at radius 2 is 1.47 bits per heavy atom. The van der Waals surface area contributed by atoms with Crippen LogP contribution in [-0.2, 0) is 6.18 Å². The molecule has 0 saturated carbocycles. The van der Waals surface area contributed by atoms with Crippen molar-refractivity contribution in [1.82, 2.24) is 0 Å². The van der Waals surface area contributed by atoms with E-state index in [2.05, 4.69) is 0 Å². The molecule has 0 fully saturated rings. The van der Waals surface area contributed by atoms with E-state index in [4.69, 9.17) is 5.73 Å². The number of alkyl halides is 3. The summed E-state index contributed by atoms with van der Waals surface area (Å²) in [6.07, 6.45) is -5.18. The van der Waals surface area contributed by atoms with Gasteiger partial charge < -0.3 is 10.8 Å². The summed E-state index contributed by atoms with van der Waals surface area (Å²) < 4.78 is 37.2. The van der Waals surface area contributed by atoms with Crippen molar-refractivity contribution in [2.24, 2.45) is 11.1 Å². The monoisotopic (exact) mass is 297 g/mol. The van der Waals surface area contributed by atoms with E-state index >= 15 is 0 Å². The number of nitrogens with two attached hydrogens (primary N) is 1. The Kier molecular flexibility index (Phi) is 5.86. The largest absolute Gasteiger partial charge is 0.416 e. The Balaban J connectivity index is 0.00000324. The molecule has 2 atom stereocenters. The van der Waals surface area contributed by atoms with Gasteiger partial charge in [0.25, 0.3) is 0 Å². The predicted octanol–water partition coefficient (Wildman–Crippen LogP) is 3.53. The molecule has 0 unspecified atom stereocenters. The maximum atomic E-state index is 12.4. The van der Waals surface area contributed by atoms with Gasteiger partial charge in [0.15, 0.2) is 0 Å². The zero-order valence-corrected chi connectivity index (χ0v) is 11.8. The normalized spacial score (nSPS) is 15.6. The average Bonchev–Trinajstić information content (AvgIpc) is 2.25. The van der Waals surface area contributed by atoms with E-state index in [9.17, 15) is 18.3 Å². The van der Waals surface area contributed by atoms with Gasteiger partial charge in [0.2, 0.25) is 0 Å². The molecule has 6 heteroatoms. The van der Waals surface area contributed by atoms with Crippen LogP contribution < -0.4 is 5.73 Å². The molecule has 110 valence electrons. The molecule has 0 spiro atoms. The molecule has 0 saturated heterocycles. The molecule has 0 aliphatic carbocycles. The minimum absolute atomic E-state index is 0. The maximum Gasteiger partial charge on any atom is 0.416 e. The van der Waals surface area contributed by atoms with Crippen molar-refractivity contribution in [1.29, 1.82) is 0 Å². The van der Waals surface area contributed by atoms with Crippen LogP contribution in [0.1, 0.15) is 37.9 Å². The van der Waals surface area contributed by atoms with Gasteiger partial charge in [-0.05, 0) is 23.1 Å². The van der Waals surface area contributed by atoms with Gasteiger partial charge in [0.05, 0.1) is 17.7 Å². The average molecular weight is 298 g/mol. The highest BCUT2D eigenvalue weighted by atomic mass is 35.5. The Hall–Kier alpha value is -0.780. The maximum absolute atomic E-state index is 12.4. The molecule has 0 aromatic heterocycles. The SMILES string of the molecule is CC(C)(C)[C@H](O)[C@H](N)c1ccc(C(F)(F)F)cc1.Cl. The first-order chi connectivity index (χ1) is 8.03. The van der Waals surface area contributed by atoms with Crippen molar-refractivity contribution < 1.29 is 18.3 Å². The van der Waals surface area contributed by atoms with Crippen LogP contribution >= 0.6 is 12.4 Å². The molecule has 19 heavy (non-hydrogen) atoms. The zero-order valence-electron chi connectivity index (χ0n) is 11.0. The summed E-state index contributed by atoms with van der Waals surface area (Å²) in [6, 6.07) is 3.87. The van der Waals surface area contributed by atoms with Crippen molar-refractivity contribution in [3.63, 3.8) is 0 Å². The number of halogens is 4. The molecule has 0 radical (unpaired) electrons. The fourth-order valence-electron chi connectivity index (χ4n) is 1.62. The highest BCUT2D eigenvalue weighted by molar-refractivity contribution is 5.85. The van der Waals surface area contributed by atoms with Gasteiger partial charge >= 0.3 is 6.18 Å². The Bertz CT molecular complexity index is 398. The van der Waals surface area contributed by atoms with Crippen molar-refractivity contribution in [3.05, 3.63) is 35.4 Å². The third-order valence-corrected chi connectivity index (χ3v) is 2.85. The highest BCUT2D eigenvalue weighted by Crippen LogP contribution is 2.32. The zero-order chi connectivity index (χ0) is 14.1. The number of hydrogen-bond acceptors (Lipinski definition) is 2. The minimum Gasteiger partial charge on any atom is -0.391 e. The van der Waals surface area contributed by atoms with Crippen molar-refractivity contribution in [2.75, 3.05) is 0 Å². The molecule has 1 aromatic rings. The fraction of sp³-hybridized carbons (Fsp3) is 0.538. The van der Waals surface area contributed by atoms with Crippen LogP contribution in [0.2, 0.25) is 0 Å². The quantitative estimate of drug-likeness (QED) is 0.877. The summed E-state index contributed by atoms with van der Waals surface area (Å²) in [6.45, 7) is 5.46. The second-order valence-electron chi connectivity index (χ2n) is 5.46. The van der Waals surface area contributed by atoms with E-state index in [0.717, 1.165) is 12.1 Å². The molecule has 1 rings (SSSR count). The highest BCUT2D eigenvalue weighted by Gasteiger charge is 2.32. The van der Waals surface area contributed by atoms with E-state index in [1.807, 2.05) is 20.8 Å². The van der Waals surface area contributed by atoms with Crippen LogP contribution in [0.3, 0.4) is 0 Å². The van der Waals surface area contributed by atoms with E-state index < -0.39 is 29.3 Å². The van der Waals surface area contributed by atoms with Crippen LogP contribution in [0.5, 0.6) is 0 Å². The Morgan fingerprint density at radius 3 is 1.79 bits per heavy atom. The van der Waals surface area contributed by atoms with Crippen molar-refractivity contribution in [2.45, 2.75) is 39.1 Å². The minimum atomic E-state index is -4.36. The van der Waals surface area contributed by atoms with Crippen LogP contribution in [0.25, 0.3) is 0 Å². The number of rotatable bonds is 2. The van der Waals surface area contributed by atoms with Crippen molar-refractivity contribution in [3.8, 4) is 0 Å². The number of aliphatic hydroxyl groups is 1. The van der Waals surface area contributed by atoms with Gasteiger partial charge in [-0.15, -0.1) is 12.4 Å². The molecular formula is C13H19ClF3NO. The van der Waals surface area contributed by atoms with E-state index in [1.54, 1.807) is 0 Å². The Labute approximate surface area is 117 Å². The lowest BCUT2D eigenvalue weighted by atomic mass is 9.82. The first-order valence-corrected chi connectivity index (χ1v) is 5.64. The number of hydrogen-bond donors (Lipinski definition) is 2. The standard InChI is InChI=1S/C13H18F3NO.ClH/c1-12(2,3)11(18)10(17)8-4-6-9(7-5-8)13(14,15)16;/h4-7,10-11,18H,17H2,1-3H3;1H/t10-,11-;/m1./s1. The molecule has 0 amide bonds. The molecule has 2 nitrogen and oxygen atoms in total. The lowest BCUT2D eigenvalue weighted by molar-refractivity contribution is -0.137. The molecule has 1 aromatic carbocycles. The van der Waals surface area contributed by atoms with E-state index in [1.165, 1.54) is 12.1 Å². The molecule has 0 aliphatic heterocycles. The van der Waals surface area contributed by atoms with E-state index in [0.29, 0.717) is 5.56 Å². The van der Waals surface area contributed by atoms with Crippen LogP contribution in [0, 0.1) is 5.41 Å². The third-order valence-electron chi connectivity index (χ3n) is 2.85. The fourth-order valence-corrected chi connectivity index (χ4v) is 1.62. The topological polar surface area (TPSA) is 46.2 Å². The molecule has 0 aliphatic rings. The van der Waals surface area contributed by atoms with Gasteiger partial charge in [-0.25, -0.2) is 0 Å². The number of aliphatic hydroxyl groups excluding tert-OH is 1. The van der Waals surface area contributed by atoms with Gasteiger partial charge in [0.1, 0.15) is 0 Å². The predicted molar refractivity (Wildman–Crippen MR) is 71.1 cm³/mol.